The first-order chi connectivity index (χ1) is 11.2. The maximum Gasteiger partial charge on any atom is 0.277 e. The fraction of sp³-hybridized carbons (Fsp3) is 0.125. The molecule has 1 heterocycles. The summed E-state index contributed by atoms with van der Waals surface area (Å²) in [5.41, 5.74) is 1.18. The fourth-order valence-corrected chi connectivity index (χ4v) is 3.10. The van der Waals surface area contributed by atoms with Gasteiger partial charge in [-0.3, -0.25) is 0 Å². The molecule has 0 atom stereocenters. The van der Waals surface area contributed by atoms with E-state index in [1.807, 2.05) is 12.1 Å². The summed E-state index contributed by atoms with van der Waals surface area (Å²) in [7, 11) is 0. The topological polar surface area (TPSA) is 48.2 Å². The summed E-state index contributed by atoms with van der Waals surface area (Å²) in [5, 5.41) is 9.19. The van der Waals surface area contributed by atoms with Crippen LogP contribution in [0.15, 0.2) is 62.6 Å². The quantitative estimate of drug-likeness (QED) is 0.511. The Kier molecular flexibility index (Phi) is 5.59. The number of nitrogens with zero attached hydrogens (tertiary/aromatic N) is 2. The molecule has 0 saturated heterocycles. The van der Waals surface area contributed by atoms with Crippen LogP contribution in [-0.2, 0) is 12.4 Å². The molecule has 0 aliphatic heterocycles. The largest absolute Gasteiger partial charge is 0.484 e. The van der Waals surface area contributed by atoms with Crippen molar-refractivity contribution in [3.63, 3.8) is 0 Å². The zero-order chi connectivity index (χ0) is 16.1. The van der Waals surface area contributed by atoms with Crippen molar-refractivity contribution in [1.29, 1.82) is 0 Å². The molecule has 4 nitrogen and oxygen atoms in total. The van der Waals surface area contributed by atoms with Gasteiger partial charge in [-0.1, -0.05) is 51.4 Å². The number of ether oxygens (including phenoxy) is 1. The molecule has 23 heavy (non-hydrogen) atoms. The molecule has 0 aliphatic carbocycles. The number of hydrogen-bond donors (Lipinski definition) is 0. The number of benzene rings is 2. The molecule has 3 rings (SSSR count). The Balaban J connectivity index is 1.52. The number of hydrogen-bond acceptors (Lipinski definition) is 5. The van der Waals surface area contributed by atoms with Crippen molar-refractivity contribution >= 4 is 39.3 Å². The summed E-state index contributed by atoms with van der Waals surface area (Å²) in [6.07, 6.45) is 0. The molecule has 2 aromatic carbocycles. The molecule has 0 bridgehead atoms. The second kappa shape index (κ2) is 7.86. The van der Waals surface area contributed by atoms with Gasteiger partial charge in [0, 0.05) is 15.2 Å². The van der Waals surface area contributed by atoms with E-state index in [0.717, 1.165) is 10.2 Å². The van der Waals surface area contributed by atoms with Crippen molar-refractivity contribution in [2.75, 3.05) is 0 Å². The van der Waals surface area contributed by atoms with Crippen molar-refractivity contribution in [3.8, 4) is 5.75 Å². The van der Waals surface area contributed by atoms with Crippen molar-refractivity contribution in [3.05, 3.63) is 69.5 Å². The van der Waals surface area contributed by atoms with E-state index in [1.54, 1.807) is 24.3 Å². The van der Waals surface area contributed by atoms with E-state index in [9.17, 15) is 0 Å². The molecular weight excluding hydrogens is 400 g/mol. The molecule has 1 aromatic heterocycles. The summed E-state index contributed by atoms with van der Waals surface area (Å²) in [6, 6.07) is 15.2. The van der Waals surface area contributed by atoms with Gasteiger partial charge >= 0.3 is 0 Å². The first-order valence-electron chi connectivity index (χ1n) is 6.77. The van der Waals surface area contributed by atoms with Gasteiger partial charge in [0.2, 0.25) is 0 Å². The second-order valence-corrected chi connectivity index (χ2v) is 6.90. The zero-order valence-electron chi connectivity index (χ0n) is 11.9. The maximum atomic E-state index is 5.83. The smallest absolute Gasteiger partial charge is 0.277 e. The highest BCUT2D eigenvalue weighted by Crippen LogP contribution is 2.23. The summed E-state index contributed by atoms with van der Waals surface area (Å²) in [4.78, 5) is 0. The van der Waals surface area contributed by atoms with E-state index >= 15 is 0 Å². The van der Waals surface area contributed by atoms with Crippen LogP contribution in [0.25, 0.3) is 0 Å². The normalized spacial score (nSPS) is 10.7. The van der Waals surface area contributed by atoms with Crippen LogP contribution >= 0.6 is 39.3 Å². The Bertz CT molecular complexity index is 780. The second-order valence-electron chi connectivity index (χ2n) is 4.62. The van der Waals surface area contributed by atoms with E-state index in [-0.39, 0.29) is 6.61 Å². The monoisotopic (exact) mass is 410 g/mol. The van der Waals surface area contributed by atoms with E-state index < -0.39 is 0 Å². The molecule has 0 N–H and O–H groups in total. The third kappa shape index (κ3) is 4.99. The standard InChI is InChI=1S/C16H12BrClN2O2S/c17-12-3-1-2-11(8-12)10-23-16-20-19-15(22-16)9-21-14-6-4-13(18)5-7-14/h1-8H,9-10H2. The predicted molar refractivity (Wildman–Crippen MR) is 93.8 cm³/mol. The van der Waals surface area contributed by atoms with E-state index in [0.29, 0.717) is 21.9 Å². The van der Waals surface area contributed by atoms with Crippen molar-refractivity contribution in [2.45, 2.75) is 17.6 Å². The number of thioether (sulfide) groups is 1. The highest BCUT2D eigenvalue weighted by atomic mass is 79.9. The van der Waals surface area contributed by atoms with Gasteiger partial charge in [0.1, 0.15) is 5.75 Å². The average Bonchev–Trinajstić information content (AvgIpc) is 3.00. The van der Waals surface area contributed by atoms with Gasteiger partial charge in [0.05, 0.1) is 0 Å². The van der Waals surface area contributed by atoms with Crippen LogP contribution in [0.1, 0.15) is 11.5 Å². The molecule has 0 spiro atoms. The van der Waals surface area contributed by atoms with Gasteiger partial charge in [-0.05, 0) is 42.0 Å². The molecule has 0 fully saturated rings. The van der Waals surface area contributed by atoms with E-state index in [1.165, 1.54) is 17.3 Å². The summed E-state index contributed by atoms with van der Waals surface area (Å²) < 4.78 is 12.2. The molecule has 0 aliphatic rings. The lowest BCUT2D eigenvalue weighted by Gasteiger charge is -2.02. The number of rotatable bonds is 6. The lowest BCUT2D eigenvalue weighted by molar-refractivity contribution is 0.252. The Morgan fingerprint density at radius 1 is 1.13 bits per heavy atom. The van der Waals surface area contributed by atoms with E-state index in [4.69, 9.17) is 20.8 Å². The summed E-state index contributed by atoms with van der Waals surface area (Å²) >= 11 is 10.8. The molecule has 0 radical (unpaired) electrons. The lowest BCUT2D eigenvalue weighted by atomic mass is 10.2. The summed E-state index contributed by atoms with van der Waals surface area (Å²) in [5.74, 6) is 1.91. The van der Waals surface area contributed by atoms with Gasteiger partial charge in [-0.25, -0.2) is 0 Å². The number of aromatic nitrogens is 2. The van der Waals surface area contributed by atoms with Crippen LogP contribution in [-0.4, -0.2) is 10.2 Å². The van der Waals surface area contributed by atoms with Crippen LogP contribution in [0.5, 0.6) is 5.75 Å². The summed E-state index contributed by atoms with van der Waals surface area (Å²) in [6.45, 7) is 0.228. The first kappa shape index (κ1) is 16.4. The van der Waals surface area contributed by atoms with Crippen LogP contribution in [0.2, 0.25) is 5.02 Å². The highest BCUT2D eigenvalue weighted by Gasteiger charge is 2.08. The highest BCUT2D eigenvalue weighted by molar-refractivity contribution is 9.10. The third-order valence-corrected chi connectivity index (χ3v) is 4.51. The minimum atomic E-state index is 0.228. The fourth-order valence-electron chi connectivity index (χ4n) is 1.80. The van der Waals surface area contributed by atoms with Gasteiger partial charge < -0.3 is 9.15 Å². The first-order valence-corrected chi connectivity index (χ1v) is 8.93. The van der Waals surface area contributed by atoms with E-state index in [2.05, 4.69) is 38.3 Å². The van der Waals surface area contributed by atoms with Gasteiger partial charge in [0.25, 0.3) is 11.1 Å². The van der Waals surface area contributed by atoms with Crippen molar-refractivity contribution < 1.29 is 9.15 Å². The Morgan fingerprint density at radius 3 is 2.74 bits per heavy atom. The Morgan fingerprint density at radius 2 is 1.96 bits per heavy atom. The Labute approximate surface area is 151 Å². The lowest BCUT2D eigenvalue weighted by Crippen LogP contribution is -1.95. The van der Waals surface area contributed by atoms with Crippen LogP contribution in [0, 0.1) is 0 Å². The molecule has 0 saturated carbocycles. The van der Waals surface area contributed by atoms with Gasteiger partial charge in [-0.2, -0.15) is 0 Å². The van der Waals surface area contributed by atoms with Crippen molar-refractivity contribution in [1.82, 2.24) is 10.2 Å². The molecule has 3 aromatic rings. The molecule has 118 valence electrons. The predicted octanol–water partition coefficient (Wildman–Crippen LogP) is 5.36. The van der Waals surface area contributed by atoms with Crippen molar-refractivity contribution in [2.24, 2.45) is 0 Å². The van der Waals surface area contributed by atoms with Crippen LogP contribution < -0.4 is 4.74 Å². The molecule has 7 heteroatoms. The SMILES string of the molecule is Clc1ccc(OCc2nnc(SCc3cccc(Br)c3)o2)cc1. The van der Waals surface area contributed by atoms with Crippen LogP contribution in [0.3, 0.4) is 0 Å². The van der Waals surface area contributed by atoms with Crippen LogP contribution in [0.4, 0.5) is 0 Å². The molecule has 0 unspecified atom stereocenters. The minimum Gasteiger partial charge on any atom is -0.484 e. The van der Waals surface area contributed by atoms with Gasteiger partial charge in [0.15, 0.2) is 6.61 Å². The molecular formula is C16H12BrClN2O2S. The Hall–Kier alpha value is -1.50. The van der Waals surface area contributed by atoms with Gasteiger partial charge in [-0.15, -0.1) is 10.2 Å². The number of halogens is 2. The average molecular weight is 412 g/mol. The maximum absolute atomic E-state index is 5.83. The zero-order valence-corrected chi connectivity index (χ0v) is 15.1. The molecule has 0 amide bonds. The third-order valence-electron chi connectivity index (χ3n) is 2.88. The minimum absolute atomic E-state index is 0.228.